The number of carbonyl (C=O) groups is 8. The second-order valence-electron chi connectivity index (χ2n) is 16.6. The molecule has 338 valence electrons. The molecule has 17 heteroatoms. The Kier molecular flexibility index (Phi) is 19.8. The Labute approximate surface area is 362 Å². The summed E-state index contributed by atoms with van der Waals surface area (Å²) in [5.74, 6) is -5.84. The van der Waals surface area contributed by atoms with Crippen LogP contribution in [0.4, 0.5) is 0 Å². The number of H-pyrrole nitrogens is 1. The molecule has 0 saturated heterocycles. The molecule has 0 bridgehead atoms. The van der Waals surface area contributed by atoms with Gasteiger partial charge < -0.3 is 52.5 Å². The summed E-state index contributed by atoms with van der Waals surface area (Å²) in [6, 6.07) is 8.47. The Bertz CT molecular complexity index is 2000. The van der Waals surface area contributed by atoms with Gasteiger partial charge >= 0.3 is 5.97 Å². The van der Waals surface area contributed by atoms with Crippen LogP contribution in [0.25, 0.3) is 10.9 Å². The molecule has 0 aliphatic rings. The van der Waals surface area contributed by atoms with Crippen LogP contribution in [0.1, 0.15) is 85.3 Å². The molecule has 0 spiro atoms. The fourth-order valence-electron chi connectivity index (χ4n) is 6.70. The third-order valence-corrected chi connectivity index (χ3v) is 10.7. The van der Waals surface area contributed by atoms with E-state index in [-0.39, 0.29) is 43.9 Å². The Morgan fingerprint density at radius 2 is 1.27 bits per heavy atom. The number of carboxylic acid groups (broad SMARTS) is 1. The fraction of sp³-hybridized carbons (Fsp3) is 0.511. The minimum atomic E-state index is -1.22. The first-order valence-electron chi connectivity index (χ1n) is 21.2. The molecule has 1 aromatic heterocycles. The SMILES string of the molecule is CC[C@H](C)[C@H](NC(=O)[C@H](Cc1ccccc1)NC(=O)[C@@H](N)CCC(=O)O)C(=O)N[C@@H](C)C(=O)N[C@@H](Cc1c[nH]c2ccccc12)C(=O)N[C@@H](CC(C)C)C(=O)N[C@H](C=O)C(C)C. The number of para-hydroxylation sites is 1. The predicted molar refractivity (Wildman–Crippen MR) is 234 cm³/mol. The summed E-state index contributed by atoms with van der Waals surface area (Å²) in [5.41, 5.74) is 8.17. The number of amides is 6. The standard InChI is InChI=1S/C45H64N8O9/c1-8-27(6)39(53-44(61)35(21-29-14-10-9-11-15-29)50-41(58)32(46)18-19-38(55)56)45(62)48-28(7)40(57)49-36(22-30-23-47-33-17-13-12-16-31(30)33)43(60)51-34(20-25(2)3)42(59)52-37(24-54)26(4)5/h9-17,23-28,32,34-37,39,47H,8,18-22,46H2,1-7H3,(H,48,62)(H,49,57)(H,50,58)(H,51,60)(H,52,59)(H,53,61)(H,55,56)/t27-,28-,32-,34-,35-,36-,37+,39-/m0/s1. The summed E-state index contributed by atoms with van der Waals surface area (Å²) < 4.78 is 0. The highest BCUT2D eigenvalue weighted by Crippen LogP contribution is 2.20. The van der Waals surface area contributed by atoms with E-state index in [0.29, 0.717) is 23.8 Å². The second-order valence-corrected chi connectivity index (χ2v) is 16.6. The zero-order valence-corrected chi connectivity index (χ0v) is 36.7. The van der Waals surface area contributed by atoms with Crippen LogP contribution in [0.5, 0.6) is 0 Å². The van der Waals surface area contributed by atoms with Crippen molar-refractivity contribution in [2.24, 2.45) is 23.5 Å². The maximum atomic E-state index is 14.1. The molecular formula is C45H64N8O9. The largest absolute Gasteiger partial charge is 0.481 e. The molecule has 0 aliphatic heterocycles. The predicted octanol–water partition coefficient (Wildman–Crippen LogP) is 2.02. The number of nitrogens with two attached hydrogens (primary N) is 1. The zero-order chi connectivity index (χ0) is 46.1. The van der Waals surface area contributed by atoms with Crippen LogP contribution in [0.15, 0.2) is 60.8 Å². The van der Waals surface area contributed by atoms with Gasteiger partial charge in [-0.25, -0.2) is 0 Å². The van der Waals surface area contributed by atoms with Gasteiger partial charge in [-0.05, 0) is 54.7 Å². The lowest BCUT2D eigenvalue weighted by Crippen LogP contribution is -2.60. The van der Waals surface area contributed by atoms with E-state index in [0.717, 1.165) is 10.9 Å². The molecule has 0 fully saturated rings. The number of rotatable bonds is 25. The number of aromatic nitrogens is 1. The maximum absolute atomic E-state index is 14.1. The van der Waals surface area contributed by atoms with Crippen molar-refractivity contribution in [1.82, 2.24) is 36.9 Å². The molecule has 0 saturated carbocycles. The van der Waals surface area contributed by atoms with E-state index in [1.165, 1.54) is 6.92 Å². The Hall–Kier alpha value is -6.10. The van der Waals surface area contributed by atoms with E-state index in [4.69, 9.17) is 10.8 Å². The molecule has 1 heterocycles. The minimum Gasteiger partial charge on any atom is -0.481 e. The summed E-state index contributed by atoms with van der Waals surface area (Å²) in [6.07, 6.45) is 2.61. The highest BCUT2D eigenvalue weighted by molar-refractivity contribution is 5.97. The second kappa shape index (κ2) is 24.4. The summed E-state index contributed by atoms with van der Waals surface area (Å²) in [6.45, 7) is 12.3. The first kappa shape index (κ1) is 50.3. The number of aldehydes is 1. The molecule has 0 unspecified atom stereocenters. The number of hydrogen-bond acceptors (Lipinski definition) is 9. The molecule has 17 nitrogen and oxygen atoms in total. The summed E-state index contributed by atoms with van der Waals surface area (Å²) >= 11 is 0. The molecule has 3 rings (SSSR count). The van der Waals surface area contributed by atoms with Crippen LogP contribution >= 0.6 is 0 Å². The van der Waals surface area contributed by atoms with Crippen molar-refractivity contribution in [3.8, 4) is 0 Å². The average molecular weight is 861 g/mol. The van der Waals surface area contributed by atoms with E-state index in [2.05, 4.69) is 36.9 Å². The normalized spacial score (nSPS) is 15.2. The molecule has 2 aromatic carbocycles. The van der Waals surface area contributed by atoms with Gasteiger partial charge in [0.1, 0.15) is 36.5 Å². The monoisotopic (exact) mass is 860 g/mol. The van der Waals surface area contributed by atoms with Crippen molar-refractivity contribution in [3.05, 3.63) is 71.9 Å². The van der Waals surface area contributed by atoms with E-state index in [9.17, 15) is 38.4 Å². The number of carboxylic acids is 1. The van der Waals surface area contributed by atoms with Gasteiger partial charge in [-0.3, -0.25) is 33.6 Å². The van der Waals surface area contributed by atoms with Gasteiger partial charge in [0.25, 0.3) is 0 Å². The summed E-state index contributed by atoms with van der Waals surface area (Å²) in [4.78, 5) is 108. The number of benzene rings is 2. The van der Waals surface area contributed by atoms with Gasteiger partial charge in [-0.2, -0.15) is 0 Å². The van der Waals surface area contributed by atoms with E-state index in [1.54, 1.807) is 57.3 Å². The summed E-state index contributed by atoms with van der Waals surface area (Å²) in [5, 5.41) is 26.2. The number of nitrogens with one attached hydrogen (secondary N) is 7. The lowest BCUT2D eigenvalue weighted by Gasteiger charge is -2.29. The van der Waals surface area contributed by atoms with Crippen molar-refractivity contribution in [3.63, 3.8) is 0 Å². The highest BCUT2D eigenvalue weighted by atomic mass is 16.4. The Morgan fingerprint density at radius 1 is 0.694 bits per heavy atom. The van der Waals surface area contributed by atoms with Crippen LogP contribution < -0.4 is 37.6 Å². The fourth-order valence-corrected chi connectivity index (χ4v) is 6.70. The number of aromatic amines is 1. The van der Waals surface area contributed by atoms with Gasteiger partial charge in [0.2, 0.25) is 35.4 Å². The number of hydrogen-bond donors (Lipinski definition) is 9. The number of carbonyl (C=O) groups excluding carboxylic acids is 7. The summed E-state index contributed by atoms with van der Waals surface area (Å²) in [7, 11) is 0. The van der Waals surface area contributed by atoms with Gasteiger partial charge in [0.15, 0.2) is 0 Å². The van der Waals surface area contributed by atoms with Gasteiger partial charge in [-0.15, -0.1) is 0 Å². The molecule has 0 radical (unpaired) electrons. The van der Waals surface area contributed by atoms with Gasteiger partial charge in [0, 0.05) is 36.4 Å². The smallest absolute Gasteiger partial charge is 0.303 e. The van der Waals surface area contributed by atoms with E-state index >= 15 is 0 Å². The third-order valence-electron chi connectivity index (χ3n) is 10.7. The maximum Gasteiger partial charge on any atom is 0.303 e. The Balaban J connectivity index is 1.85. The lowest BCUT2D eigenvalue weighted by molar-refractivity contribution is -0.137. The van der Waals surface area contributed by atoms with E-state index in [1.807, 2.05) is 45.0 Å². The average Bonchev–Trinajstić information content (AvgIpc) is 3.64. The van der Waals surface area contributed by atoms with Crippen LogP contribution in [0.3, 0.4) is 0 Å². The highest BCUT2D eigenvalue weighted by Gasteiger charge is 2.34. The van der Waals surface area contributed by atoms with Crippen molar-refractivity contribution < 1.29 is 43.5 Å². The van der Waals surface area contributed by atoms with Gasteiger partial charge in [-0.1, -0.05) is 96.5 Å². The minimum absolute atomic E-state index is 0.0151. The first-order chi connectivity index (χ1) is 29.3. The Morgan fingerprint density at radius 3 is 1.89 bits per heavy atom. The van der Waals surface area contributed by atoms with Crippen molar-refractivity contribution in [2.45, 2.75) is 129 Å². The van der Waals surface area contributed by atoms with Gasteiger partial charge in [0.05, 0.1) is 12.1 Å². The molecule has 62 heavy (non-hydrogen) atoms. The molecule has 8 atom stereocenters. The topological polar surface area (TPSA) is 271 Å². The van der Waals surface area contributed by atoms with Crippen LogP contribution in [0.2, 0.25) is 0 Å². The van der Waals surface area contributed by atoms with E-state index < -0.39 is 89.6 Å². The molecular weight excluding hydrogens is 797 g/mol. The third kappa shape index (κ3) is 15.4. The van der Waals surface area contributed by atoms with Crippen LogP contribution in [0, 0.1) is 17.8 Å². The number of aliphatic carboxylic acids is 1. The molecule has 3 aromatic rings. The first-order valence-corrected chi connectivity index (χ1v) is 21.2. The van der Waals surface area contributed by atoms with Crippen molar-refractivity contribution in [1.29, 1.82) is 0 Å². The zero-order valence-electron chi connectivity index (χ0n) is 36.7. The quantitative estimate of drug-likeness (QED) is 0.0560. The van der Waals surface area contributed by atoms with Crippen molar-refractivity contribution in [2.75, 3.05) is 0 Å². The molecule has 0 aliphatic carbocycles. The molecule has 10 N–H and O–H groups in total. The van der Waals surface area contributed by atoms with Crippen LogP contribution in [-0.2, 0) is 51.2 Å². The lowest BCUT2D eigenvalue weighted by atomic mass is 9.96. The molecule has 6 amide bonds. The number of fused-ring (bicyclic) bond motifs is 1. The van der Waals surface area contributed by atoms with Crippen LogP contribution in [-0.4, -0.2) is 100 Å². The van der Waals surface area contributed by atoms with Crippen molar-refractivity contribution >= 4 is 58.6 Å².